The van der Waals surface area contributed by atoms with Gasteiger partial charge in [0.2, 0.25) is 0 Å². The SMILES string of the molecule is C[C@H](OC(=O)c1cc(Cl)ccc1F)C(=O)Nc1ccccc1-c1ccccc1. The molecule has 0 saturated heterocycles. The van der Waals surface area contributed by atoms with Crippen LogP contribution in [0.4, 0.5) is 10.1 Å². The van der Waals surface area contributed by atoms with Crippen LogP contribution in [0.25, 0.3) is 11.1 Å². The Bertz CT molecular complexity index is 1010. The van der Waals surface area contributed by atoms with Gasteiger partial charge in [0.15, 0.2) is 6.10 Å². The van der Waals surface area contributed by atoms with E-state index in [-0.39, 0.29) is 10.6 Å². The van der Waals surface area contributed by atoms with E-state index in [2.05, 4.69) is 5.32 Å². The van der Waals surface area contributed by atoms with Crippen molar-refractivity contribution in [3.8, 4) is 11.1 Å². The van der Waals surface area contributed by atoms with Gasteiger partial charge in [0.1, 0.15) is 5.82 Å². The summed E-state index contributed by atoms with van der Waals surface area (Å²) in [7, 11) is 0. The fourth-order valence-corrected chi connectivity index (χ4v) is 2.80. The summed E-state index contributed by atoms with van der Waals surface area (Å²) in [4.78, 5) is 24.7. The van der Waals surface area contributed by atoms with Crippen molar-refractivity contribution < 1.29 is 18.7 Å². The first-order valence-corrected chi connectivity index (χ1v) is 8.95. The van der Waals surface area contributed by atoms with Crippen LogP contribution < -0.4 is 5.32 Å². The van der Waals surface area contributed by atoms with Crippen LogP contribution in [0.1, 0.15) is 17.3 Å². The first-order chi connectivity index (χ1) is 13.5. The van der Waals surface area contributed by atoms with Crippen LogP contribution in [0.15, 0.2) is 72.8 Å². The van der Waals surface area contributed by atoms with Crippen LogP contribution in [0, 0.1) is 5.82 Å². The minimum atomic E-state index is -1.13. The Morgan fingerprint density at radius 3 is 2.43 bits per heavy atom. The number of para-hydroxylation sites is 1. The molecule has 1 amide bonds. The van der Waals surface area contributed by atoms with Crippen molar-refractivity contribution in [3.63, 3.8) is 0 Å². The largest absolute Gasteiger partial charge is 0.449 e. The first kappa shape index (κ1) is 19.6. The summed E-state index contributed by atoms with van der Waals surface area (Å²) < 4.78 is 18.9. The summed E-state index contributed by atoms with van der Waals surface area (Å²) in [5.41, 5.74) is 2.02. The lowest BCUT2D eigenvalue weighted by molar-refractivity contribution is -0.123. The lowest BCUT2D eigenvalue weighted by Crippen LogP contribution is -2.30. The minimum absolute atomic E-state index is 0.197. The number of anilines is 1. The van der Waals surface area contributed by atoms with Gasteiger partial charge in [-0.15, -0.1) is 0 Å². The predicted octanol–water partition coefficient (Wildman–Crippen LogP) is 5.33. The predicted molar refractivity (Wildman–Crippen MR) is 107 cm³/mol. The number of carbonyl (C=O) groups excluding carboxylic acids is 2. The maximum atomic E-state index is 13.8. The lowest BCUT2D eigenvalue weighted by atomic mass is 10.0. The molecular weight excluding hydrogens is 381 g/mol. The normalized spacial score (nSPS) is 11.5. The molecule has 0 aliphatic heterocycles. The quantitative estimate of drug-likeness (QED) is 0.592. The number of amides is 1. The summed E-state index contributed by atoms with van der Waals surface area (Å²) in [5.74, 6) is -2.26. The minimum Gasteiger partial charge on any atom is -0.449 e. The van der Waals surface area contributed by atoms with E-state index < -0.39 is 23.8 Å². The number of carbonyl (C=O) groups is 2. The number of hydrogen-bond acceptors (Lipinski definition) is 3. The van der Waals surface area contributed by atoms with Crippen molar-refractivity contribution in [3.05, 3.63) is 89.2 Å². The second-order valence-corrected chi connectivity index (χ2v) is 6.51. The first-order valence-electron chi connectivity index (χ1n) is 8.57. The molecule has 0 aliphatic carbocycles. The van der Waals surface area contributed by atoms with Gasteiger partial charge in [-0.05, 0) is 36.8 Å². The van der Waals surface area contributed by atoms with Crippen LogP contribution in [0.3, 0.4) is 0 Å². The molecule has 0 saturated carbocycles. The molecule has 4 nitrogen and oxygen atoms in total. The smallest absolute Gasteiger partial charge is 0.341 e. The van der Waals surface area contributed by atoms with E-state index in [1.807, 2.05) is 42.5 Å². The monoisotopic (exact) mass is 397 g/mol. The molecule has 0 fully saturated rings. The molecule has 28 heavy (non-hydrogen) atoms. The Hall–Kier alpha value is -3.18. The molecule has 0 heterocycles. The third-order valence-corrected chi connectivity index (χ3v) is 4.31. The van der Waals surface area contributed by atoms with Gasteiger partial charge in [-0.25, -0.2) is 9.18 Å². The number of benzene rings is 3. The van der Waals surface area contributed by atoms with Crippen molar-refractivity contribution in [2.45, 2.75) is 13.0 Å². The lowest BCUT2D eigenvalue weighted by Gasteiger charge is -2.16. The molecule has 0 spiro atoms. The number of nitrogens with one attached hydrogen (secondary N) is 1. The molecule has 0 radical (unpaired) electrons. The Kier molecular flexibility index (Phi) is 6.06. The molecule has 1 N–H and O–H groups in total. The zero-order valence-corrected chi connectivity index (χ0v) is 15.7. The van der Waals surface area contributed by atoms with Crippen molar-refractivity contribution in [2.75, 3.05) is 5.32 Å². The zero-order valence-electron chi connectivity index (χ0n) is 15.0. The molecule has 1 atom stereocenters. The van der Waals surface area contributed by atoms with Crippen LogP contribution in [-0.2, 0) is 9.53 Å². The van der Waals surface area contributed by atoms with Crippen molar-refractivity contribution >= 4 is 29.2 Å². The highest BCUT2D eigenvalue weighted by atomic mass is 35.5. The molecule has 0 unspecified atom stereocenters. The van der Waals surface area contributed by atoms with E-state index in [1.54, 1.807) is 12.1 Å². The Morgan fingerprint density at radius 1 is 1.00 bits per heavy atom. The second kappa shape index (κ2) is 8.67. The van der Waals surface area contributed by atoms with Gasteiger partial charge in [0.05, 0.1) is 5.56 Å². The number of esters is 1. The van der Waals surface area contributed by atoms with Gasteiger partial charge in [-0.1, -0.05) is 60.1 Å². The number of rotatable bonds is 5. The van der Waals surface area contributed by atoms with E-state index in [4.69, 9.17) is 16.3 Å². The van der Waals surface area contributed by atoms with Gasteiger partial charge < -0.3 is 10.1 Å². The van der Waals surface area contributed by atoms with Gasteiger partial charge in [0.25, 0.3) is 5.91 Å². The van der Waals surface area contributed by atoms with E-state index in [1.165, 1.54) is 13.0 Å². The molecule has 6 heteroatoms. The molecular formula is C22H17ClFNO3. The van der Waals surface area contributed by atoms with Crippen LogP contribution in [0.5, 0.6) is 0 Å². The average molecular weight is 398 g/mol. The van der Waals surface area contributed by atoms with Crippen molar-refractivity contribution in [1.82, 2.24) is 0 Å². The molecule has 0 bridgehead atoms. The Morgan fingerprint density at radius 2 is 1.68 bits per heavy atom. The van der Waals surface area contributed by atoms with E-state index in [0.717, 1.165) is 23.3 Å². The summed E-state index contributed by atoms with van der Waals surface area (Å²) in [6.07, 6.45) is -1.13. The molecule has 3 aromatic carbocycles. The van der Waals surface area contributed by atoms with Gasteiger partial charge >= 0.3 is 5.97 Å². The highest BCUT2D eigenvalue weighted by molar-refractivity contribution is 6.30. The summed E-state index contributed by atoms with van der Waals surface area (Å²) >= 11 is 5.79. The maximum Gasteiger partial charge on any atom is 0.341 e. The van der Waals surface area contributed by atoms with Crippen LogP contribution >= 0.6 is 11.6 Å². The third kappa shape index (κ3) is 4.56. The molecule has 0 aliphatic rings. The number of ether oxygens (including phenoxy) is 1. The standard InChI is InChI=1S/C22H17ClFNO3/c1-14(28-22(27)18-13-16(23)11-12-19(18)24)21(26)25-20-10-6-5-9-17(20)15-7-3-2-4-8-15/h2-14H,1H3,(H,25,26)/t14-/m0/s1. The molecule has 0 aromatic heterocycles. The van der Waals surface area contributed by atoms with Gasteiger partial charge in [-0.3, -0.25) is 4.79 Å². The van der Waals surface area contributed by atoms with Gasteiger partial charge in [-0.2, -0.15) is 0 Å². The third-order valence-electron chi connectivity index (χ3n) is 4.07. The second-order valence-electron chi connectivity index (χ2n) is 6.07. The van der Waals surface area contributed by atoms with Crippen LogP contribution in [0.2, 0.25) is 5.02 Å². The van der Waals surface area contributed by atoms with Crippen molar-refractivity contribution in [2.24, 2.45) is 0 Å². The topological polar surface area (TPSA) is 55.4 Å². The molecule has 3 rings (SSSR count). The average Bonchev–Trinajstić information content (AvgIpc) is 2.70. The van der Waals surface area contributed by atoms with Crippen LogP contribution in [-0.4, -0.2) is 18.0 Å². The highest BCUT2D eigenvalue weighted by Crippen LogP contribution is 2.27. The van der Waals surface area contributed by atoms with E-state index in [0.29, 0.717) is 5.69 Å². The summed E-state index contributed by atoms with van der Waals surface area (Å²) in [5, 5.41) is 2.95. The summed E-state index contributed by atoms with van der Waals surface area (Å²) in [6, 6.07) is 20.4. The Balaban J connectivity index is 1.73. The highest BCUT2D eigenvalue weighted by Gasteiger charge is 2.22. The van der Waals surface area contributed by atoms with Crippen molar-refractivity contribution in [1.29, 1.82) is 0 Å². The number of halogens is 2. The number of hydrogen-bond donors (Lipinski definition) is 1. The van der Waals surface area contributed by atoms with E-state index >= 15 is 0 Å². The van der Waals surface area contributed by atoms with Gasteiger partial charge in [0, 0.05) is 16.3 Å². The Labute approximate surface area is 166 Å². The fraction of sp³-hybridized carbons (Fsp3) is 0.0909. The zero-order chi connectivity index (χ0) is 20.1. The van der Waals surface area contributed by atoms with E-state index in [9.17, 15) is 14.0 Å². The maximum absolute atomic E-state index is 13.8. The fourth-order valence-electron chi connectivity index (χ4n) is 2.63. The molecule has 142 valence electrons. The molecule has 3 aromatic rings. The summed E-state index contributed by atoms with van der Waals surface area (Å²) in [6.45, 7) is 1.42.